The van der Waals surface area contributed by atoms with E-state index in [1.165, 1.54) is 5.56 Å². The van der Waals surface area contributed by atoms with E-state index < -0.39 is 0 Å². The van der Waals surface area contributed by atoms with Crippen LogP contribution in [0.1, 0.15) is 26.3 Å². The molecule has 0 atom stereocenters. The maximum Gasteiger partial charge on any atom is 0.227 e. The summed E-state index contributed by atoms with van der Waals surface area (Å²) < 4.78 is 0. The highest BCUT2D eigenvalue weighted by Crippen LogP contribution is 2.24. The molecule has 0 aliphatic heterocycles. The van der Waals surface area contributed by atoms with Crippen molar-refractivity contribution < 1.29 is 0 Å². The Hall–Kier alpha value is -2.75. The molecule has 23 heavy (non-hydrogen) atoms. The second-order valence-electron chi connectivity index (χ2n) is 6.46. The van der Waals surface area contributed by atoms with Crippen molar-refractivity contribution in [2.24, 2.45) is 0 Å². The number of hydrogen-bond donors (Lipinski definition) is 1. The standard InChI is InChI=1S/C19H20N4/c1-19(2,3)15-6-8-16(9-7-15)22-18-21-12-10-17(23-18)14-5-4-11-20-13-14/h4-13H,1-3H3,(H,21,22,23). The second kappa shape index (κ2) is 6.16. The van der Waals surface area contributed by atoms with Crippen molar-refractivity contribution >= 4 is 11.6 Å². The van der Waals surface area contributed by atoms with E-state index in [9.17, 15) is 0 Å². The highest BCUT2D eigenvalue weighted by atomic mass is 15.1. The smallest absolute Gasteiger partial charge is 0.227 e. The molecule has 2 heterocycles. The lowest BCUT2D eigenvalue weighted by Crippen LogP contribution is -2.10. The number of nitrogens with zero attached hydrogens (tertiary/aromatic N) is 3. The summed E-state index contributed by atoms with van der Waals surface area (Å²) in [7, 11) is 0. The van der Waals surface area contributed by atoms with Gasteiger partial charge < -0.3 is 5.32 Å². The van der Waals surface area contributed by atoms with Crippen molar-refractivity contribution in [3.05, 3.63) is 66.6 Å². The third-order valence-electron chi connectivity index (χ3n) is 3.62. The monoisotopic (exact) mass is 304 g/mol. The summed E-state index contributed by atoms with van der Waals surface area (Å²) in [6.45, 7) is 6.61. The Morgan fingerprint density at radius 1 is 0.913 bits per heavy atom. The third-order valence-corrected chi connectivity index (χ3v) is 3.62. The van der Waals surface area contributed by atoms with Crippen LogP contribution in [-0.2, 0) is 5.41 Å². The molecule has 0 saturated carbocycles. The fourth-order valence-electron chi connectivity index (χ4n) is 2.28. The molecule has 0 aliphatic carbocycles. The quantitative estimate of drug-likeness (QED) is 0.769. The van der Waals surface area contributed by atoms with Crippen molar-refractivity contribution in [3.8, 4) is 11.3 Å². The number of aromatic nitrogens is 3. The van der Waals surface area contributed by atoms with Gasteiger partial charge in [0.15, 0.2) is 0 Å². The number of pyridine rings is 1. The number of benzene rings is 1. The maximum absolute atomic E-state index is 4.55. The molecule has 0 aliphatic rings. The van der Waals surface area contributed by atoms with Gasteiger partial charge in [0.1, 0.15) is 0 Å². The summed E-state index contributed by atoms with van der Waals surface area (Å²) >= 11 is 0. The lowest BCUT2D eigenvalue weighted by atomic mass is 9.87. The van der Waals surface area contributed by atoms with Gasteiger partial charge >= 0.3 is 0 Å². The van der Waals surface area contributed by atoms with Crippen LogP contribution in [0.4, 0.5) is 11.6 Å². The first-order chi connectivity index (χ1) is 11.0. The zero-order valence-corrected chi connectivity index (χ0v) is 13.6. The fraction of sp³-hybridized carbons (Fsp3) is 0.211. The van der Waals surface area contributed by atoms with Crippen molar-refractivity contribution in [2.75, 3.05) is 5.32 Å². The van der Waals surface area contributed by atoms with E-state index >= 15 is 0 Å². The van der Waals surface area contributed by atoms with Gasteiger partial charge in [-0.1, -0.05) is 32.9 Å². The topological polar surface area (TPSA) is 50.7 Å². The Kier molecular flexibility index (Phi) is 4.06. The van der Waals surface area contributed by atoms with Gasteiger partial charge in [-0.2, -0.15) is 0 Å². The molecule has 1 N–H and O–H groups in total. The first kappa shape index (κ1) is 15.2. The minimum absolute atomic E-state index is 0.148. The highest BCUT2D eigenvalue weighted by molar-refractivity contribution is 5.61. The molecule has 0 bridgehead atoms. The summed E-state index contributed by atoms with van der Waals surface area (Å²) in [6.07, 6.45) is 5.30. The molecule has 0 spiro atoms. The molecule has 1 aromatic carbocycles. The number of anilines is 2. The van der Waals surface area contributed by atoms with Gasteiger partial charge in [0.05, 0.1) is 5.69 Å². The molecular weight excluding hydrogens is 284 g/mol. The average Bonchev–Trinajstić information content (AvgIpc) is 2.56. The van der Waals surface area contributed by atoms with Gasteiger partial charge in [-0.25, -0.2) is 9.97 Å². The van der Waals surface area contributed by atoms with Crippen molar-refractivity contribution in [3.63, 3.8) is 0 Å². The van der Waals surface area contributed by atoms with Gasteiger partial charge in [0, 0.05) is 29.8 Å². The number of nitrogens with one attached hydrogen (secondary N) is 1. The summed E-state index contributed by atoms with van der Waals surface area (Å²) in [5.74, 6) is 0.579. The zero-order chi connectivity index (χ0) is 16.3. The van der Waals surface area contributed by atoms with Crippen LogP contribution < -0.4 is 5.32 Å². The first-order valence-electron chi connectivity index (χ1n) is 7.63. The molecule has 0 unspecified atom stereocenters. The fourth-order valence-corrected chi connectivity index (χ4v) is 2.28. The second-order valence-corrected chi connectivity index (χ2v) is 6.46. The van der Waals surface area contributed by atoms with Gasteiger partial charge in [-0.3, -0.25) is 4.98 Å². The van der Waals surface area contributed by atoms with Crippen LogP contribution in [0.25, 0.3) is 11.3 Å². The van der Waals surface area contributed by atoms with Crippen LogP contribution in [0.15, 0.2) is 61.1 Å². The molecule has 3 aromatic rings. The van der Waals surface area contributed by atoms with Crippen molar-refractivity contribution in [2.45, 2.75) is 26.2 Å². The van der Waals surface area contributed by atoms with Crippen LogP contribution in [0.3, 0.4) is 0 Å². The SMILES string of the molecule is CC(C)(C)c1ccc(Nc2nccc(-c3cccnc3)n2)cc1. The van der Waals surface area contributed by atoms with Crippen molar-refractivity contribution in [1.82, 2.24) is 15.0 Å². The lowest BCUT2D eigenvalue weighted by molar-refractivity contribution is 0.590. The largest absolute Gasteiger partial charge is 0.324 e. The summed E-state index contributed by atoms with van der Waals surface area (Å²) in [6, 6.07) is 14.1. The maximum atomic E-state index is 4.55. The zero-order valence-electron chi connectivity index (χ0n) is 13.6. The minimum Gasteiger partial charge on any atom is -0.324 e. The van der Waals surface area contributed by atoms with Gasteiger partial charge in [0.2, 0.25) is 5.95 Å². The normalized spacial score (nSPS) is 11.3. The van der Waals surface area contributed by atoms with Crippen LogP contribution in [0.5, 0.6) is 0 Å². The Morgan fingerprint density at radius 2 is 1.70 bits per heavy atom. The van der Waals surface area contributed by atoms with E-state index in [-0.39, 0.29) is 5.41 Å². The minimum atomic E-state index is 0.148. The van der Waals surface area contributed by atoms with E-state index in [2.05, 4.69) is 65.3 Å². The van der Waals surface area contributed by atoms with E-state index in [1.54, 1.807) is 18.6 Å². The molecule has 0 saturated heterocycles. The molecule has 0 amide bonds. The molecule has 2 aromatic heterocycles. The summed E-state index contributed by atoms with van der Waals surface area (Å²) in [4.78, 5) is 13.0. The molecule has 116 valence electrons. The first-order valence-corrected chi connectivity index (χ1v) is 7.63. The van der Waals surface area contributed by atoms with Gasteiger partial charge in [-0.05, 0) is 41.3 Å². The van der Waals surface area contributed by atoms with Crippen LogP contribution in [-0.4, -0.2) is 15.0 Å². The van der Waals surface area contributed by atoms with Crippen LogP contribution in [0.2, 0.25) is 0 Å². The number of rotatable bonds is 3. The molecule has 4 nitrogen and oxygen atoms in total. The Bertz CT molecular complexity index is 774. The number of hydrogen-bond acceptors (Lipinski definition) is 4. The molecular formula is C19H20N4. The third kappa shape index (κ3) is 3.72. The summed E-state index contributed by atoms with van der Waals surface area (Å²) in [5.41, 5.74) is 4.24. The average molecular weight is 304 g/mol. The molecule has 0 fully saturated rings. The predicted octanol–water partition coefficient (Wildman–Crippen LogP) is 4.58. The Balaban J connectivity index is 1.81. The Morgan fingerprint density at radius 3 is 2.35 bits per heavy atom. The molecule has 4 heteroatoms. The lowest BCUT2D eigenvalue weighted by Gasteiger charge is -2.19. The van der Waals surface area contributed by atoms with E-state index in [0.29, 0.717) is 5.95 Å². The van der Waals surface area contributed by atoms with Crippen LogP contribution in [0, 0.1) is 0 Å². The van der Waals surface area contributed by atoms with Crippen molar-refractivity contribution in [1.29, 1.82) is 0 Å². The predicted molar refractivity (Wildman–Crippen MR) is 93.7 cm³/mol. The van der Waals surface area contributed by atoms with E-state index in [1.807, 2.05) is 18.2 Å². The van der Waals surface area contributed by atoms with E-state index in [0.717, 1.165) is 16.9 Å². The molecule has 3 rings (SSSR count). The Labute approximate surface area is 136 Å². The molecule has 0 radical (unpaired) electrons. The summed E-state index contributed by atoms with van der Waals surface area (Å²) in [5, 5.41) is 3.25. The van der Waals surface area contributed by atoms with Crippen LogP contribution >= 0.6 is 0 Å². The van der Waals surface area contributed by atoms with Gasteiger partial charge in [0.25, 0.3) is 0 Å². The highest BCUT2D eigenvalue weighted by Gasteiger charge is 2.13. The van der Waals surface area contributed by atoms with Gasteiger partial charge in [-0.15, -0.1) is 0 Å². The van der Waals surface area contributed by atoms with E-state index in [4.69, 9.17) is 0 Å².